The van der Waals surface area contributed by atoms with Crippen LogP contribution in [0.2, 0.25) is 0 Å². The second-order valence-electron chi connectivity index (χ2n) is 3.69. The van der Waals surface area contributed by atoms with Gasteiger partial charge in [-0.15, -0.1) is 0 Å². The van der Waals surface area contributed by atoms with Crippen LogP contribution in [-0.4, -0.2) is 39.6 Å². The Balaban J connectivity index is 3.60. The lowest BCUT2D eigenvalue weighted by Gasteiger charge is -2.19. The van der Waals surface area contributed by atoms with Gasteiger partial charge in [-0.25, -0.2) is 4.79 Å². The van der Waals surface area contributed by atoms with Gasteiger partial charge in [0.2, 0.25) is 0 Å². The molecule has 1 unspecified atom stereocenters. The monoisotopic (exact) mass is 288 g/mol. The summed E-state index contributed by atoms with van der Waals surface area (Å²) in [7, 11) is 0.903. The molecule has 1 rings (SSSR count). The molecule has 2 N–H and O–H groups in total. The molecule has 0 amide bonds. The SMILES string of the molecule is COC(=O)C1=CC([N+](=O)[O-])([N+](=O)[O-])C=C([N+](=O)[O-])C1N. The van der Waals surface area contributed by atoms with Crippen molar-refractivity contribution in [2.24, 2.45) is 5.73 Å². The minimum Gasteiger partial charge on any atom is -0.466 e. The Bertz CT molecular complexity index is 551. The Morgan fingerprint density at radius 2 is 1.75 bits per heavy atom. The van der Waals surface area contributed by atoms with Crippen molar-refractivity contribution in [1.82, 2.24) is 0 Å². The summed E-state index contributed by atoms with van der Waals surface area (Å²) in [5, 5.41) is 32.6. The van der Waals surface area contributed by atoms with Gasteiger partial charge in [-0.3, -0.25) is 30.3 Å². The van der Waals surface area contributed by atoms with E-state index in [4.69, 9.17) is 5.73 Å². The first-order valence-corrected chi connectivity index (χ1v) is 4.90. The fraction of sp³-hybridized carbons (Fsp3) is 0.375. The van der Waals surface area contributed by atoms with Gasteiger partial charge < -0.3 is 10.5 Å². The van der Waals surface area contributed by atoms with Crippen molar-refractivity contribution in [3.05, 3.63) is 53.8 Å². The Kier molecular flexibility index (Phi) is 3.80. The number of rotatable bonds is 4. The van der Waals surface area contributed by atoms with Gasteiger partial charge in [0.25, 0.3) is 5.70 Å². The van der Waals surface area contributed by atoms with Gasteiger partial charge in [-0.05, 0) is 0 Å². The van der Waals surface area contributed by atoms with Crippen molar-refractivity contribution in [1.29, 1.82) is 0 Å². The van der Waals surface area contributed by atoms with Crippen molar-refractivity contribution >= 4 is 5.97 Å². The highest BCUT2D eigenvalue weighted by atomic mass is 16.7. The van der Waals surface area contributed by atoms with Gasteiger partial charge in [-0.1, -0.05) is 0 Å². The molecular formula is C8H8N4O8. The number of nitro groups is 3. The van der Waals surface area contributed by atoms with E-state index >= 15 is 0 Å². The zero-order valence-electron chi connectivity index (χ0n) is 9.92. The number of ether oxygens (including phenoxy) is 1. The van der Waals surface area contributed by atoms with Gasteiger partial charge in [0.05, 0.1) is 23.7 Å². The maximum Gasteiger partial charge on any atom is 0.504 e. The molecule has 0 aromatic carbocycles. The Morgan fingerprint density at radius 1 is 1.25 bits per heavy atom. The minimum absolute atomic E-state index is 0.199. The number of nitrogens with two attached hydrogens (primary N) is 1. The quantitative estimate of drug-likeness (QED) is 0.288. The maximum atomic E-state index is 11.4. The van der Waals surface area contributed by atoms with E-state index in [-0.39, 0.29) is 6.08 Å². The molecule has 12 heteroatoms. The topological polar surface area (TPSA) is 182 Å². The number of methoxy groups -OCH3 is 1. The largest absolute Gasteiger partial charge is 0.504 e. The first kappa shape index (κ1) is 15.2. The zero-order chi connectivity index (χ0) is 15.7. The van der Waals surface area contributed by atoms with Crippen LogP contribution in [0.15, 0.2) is 23.4 Å². The van der Waals surface area contributed by atoms with Gasteiger partial charge in [0.15, 0.2) is 0 Å². The number of hydrogen-bond acceptors (Lipinski definition) is 9. The lowest BCUT2D eigenvalue weighted by atomic mass is 9.91. The summed E-state index contributed by atoms with van der Waals surface area (Å²) in [6.45, 7) is 0. The molecule has 108 valence electrons. The van der Waals surface area contributed by atoms with Crippen molar-refractivity contribution < 1.29 is 24.3 Å². The molecule has 12 nitrogen and oxygen atoms in total. The second kappa shape index (κ2) is 5.00. The molecule has 0 aromatic heterocycles. The Labute approximate surface area is 109 Å². The summed E-state index contributed by atoms with van der Waals surface area (Å²) >= 11 is 0. The molecule has 0 spiro atoms. The summed E-state index contributed by atoms with van der Waals surface area (Å²) in [6.07, 6.45) is 0.542. The standard InChI is InChI=1S/C8H8N4O8/c1-20-7(13)4-2-8(11(16)17,12(18)19)3-5(6(4)9)10(14)15/h2-3,6H,9H2,1H3. The predicted molar refractivity (Wildman–Crippen MR) is 59.9 cm³/mol. The zero-order valence-corrected chi connectivity index (χ0v) is 9.92. The third kappa shape index (κ3) is 2.18. The van der Waals surface area contributed by atoms with Crippen molar-refractivity contribution in [2.45, 2.75) is 11.7 Å². The van der Waals surface area contributed by atoms with E-state index in [2.05, 4.69) is 4.74 Å². The van der Waals surface area contributed by atoms with Crippen LogP contribution in [0, 0.1) is 30.3 Å². The molecule has 0 radical (unpaired) electrons. The van der Waals surface area contributed by atoms with E-state index in [0.717, 1.165) is 7.11 Å². The molecule has 0 saturated heterocycles. The lowest BCUT2D eigenvalue weighted by molar-refractivity contribution is -0.766. The van der Waals surface area contributed by atoms with E-state index in [1.54, 1.807) is 0 Å². The summed E-state index contributed by atoms with van der Waals surface area (Å²) in [5.74, 6) is -1.22. The first-order chi connectivity index (χ1) is 9.17. The average Bonchev–Trinajstić information content (AvgIpc) is 2.37. The molecule has 0 saturated carbocycles. The number of carbonyl (C=O) groups excluding carboxylic acids is 1. The summed E-state index contributed by atoms with van der Waals surface area (Å²) in [4.78, 5) is 40.2. The molecule has 0 aliphatic heterocycles. The molecule has 1 atom stereocenters. The summed E-state index contributed by atoms with van der Waals surface area (Å²) in [6, 6.07) is -1.66. The molecule has 0 heterocycles. The molecular weight excluding hydrogens is 280 g/mol. The fourth-order valence-corrected chi connectivity index (χ4v) is 1.57. The van der Waals surface area contributed by atoms with E-state index < -0.39 is 43.7 Å². The maximum absolute atomic E-state index is 11.4. The Hall–Kier alpha value is -2.89. The van der Waals surface area contributed by atoms with Gasteiger partial charge in [0.1, 0.15) is 22.0 Å². The number of nitrogens with zero attached hydrogens (tertiary/aromatic N) is 3. The lowest BCUT2D eigenvalue weighted by Crippen LogP contribution is -2.49. The van der Waals surface area contributed by atoms with E-state index in [1.165, 1.54) is 0 Å². The van der Waals surface area contributed by atoms with Gasteiger partial charge >= 0.3 is 11.6 Å². The molecule has 20 heavy (non-hydrogen) atoms. The molecule has 1 aliphatic carbocycles. The summed E-state index contributed by atoms with van der Waals surface area (Å²) in [5.41, 5.74) is 0.507. The molecule has 0 bridgehead atoms. The molecule has 0 fully saturated rings. The van der Waals surface area contributed by atoms with Crippen LogP contribution in [0.4, 0.5) is 0 Å². The number of esters is 1. The van der Waals surface area contributed by atoms with Crippen LogP contribution in [0.5, 0.6) is 0 Å². The van der Waals surface area contributed by atoms with E-state index in [0.29, 0.717) is 6.08 Å². The van der Waals surface area contributed by atoms with Crippen LogP contribution in [0.1, 0.15) is 0 Å². The number of hydrogen-bond donors (Lipinski definition) is 1. The minimum atomic E-state index is -3.14. The first-order valence-electron chi connectivity index (χ1n) is 4.90. The molecule has 1 aliphatic rings. The highest BCUT2D eigenvalue weighted by molar-refractivity contribution is 5.91. The van der Waals surface area contributed by atoms with E-state index in [9.17, 15) is 35.1 Å². The van der Waals surface area contributed by atoms with E-state index in [1.807, 2.05) is 0 Å². The smallest absolute Gasteiger partial charge is 0.466 e. The second-order valence-corrected chi connectivity index (χ2v) is 3.69. The fourth-order valence-electron chi connectivity index (χ4n) is 1.57. The highest BCUT2D eigenvalue weighted by Crippen LogP contribution is 2.29. The van der Waals surface area contributed by atoms with Crippen LogP contribution >= 0.6 is 0 Å². The predicted octanol–water partition coefficient (Wildman–Crippen LogP) is -1.16. The van der Waals surface area contributed by atoms with Crippen LogP contribution < -0.4 is 5.73 Å². The highest BCUT2D eigenvalue weighted by Gasteiger charge is 2.59. The van der Waals surface area contributed by atoms with Crippen LogP contribution in [0.25, 0.3) is 0 Å². The third-order valence-corrected chi connectivity index (χ3v) is 2.60. The third-order valence-electron chi connectivity index (χ3n) is 2.60. The number of carbonyl (C=O) groups is 1. The average molecular weight is 288 g/mol. The molecule has 0 aromatic rings. The van der Waals surface area contributed by atoms with Gasteiger partial charge in [-0.2, -0.15) is 0 Å². The van der Waals surface area contributed by atoms with Crippen LogP contribution in [0.3, 0.4) is 0 Å². The van der Waals surface area contributed by atoms with Crippen molar-refractivity contribution in [3.8, 4) is 0 Å². The summed E-state index contributed by atoms with van der Waals surface area (Å²) < 4.78 is 4.26. The van der Waals surface area contributed by atoms with Crippen molar-refractivity contribution in [3.63, 3.8) is 0 Å². The normalized spacial score (nSPS) is 20.4. The van der Waals surface area contributed by atoms with Gasteiger partial charge in [0, 0.05) is 0 Å². The van der Waals surface area contributed by atoms with Crippen LogP contribution in [-0.2, 0) is 9.53 Å². The van der Waals surface area contributed by atoms with Crippen molar-refractivity contribution in [2.75, 3.05) is 7.11 Å². The Morgan fingerprint density at radius 3 is 2.10 bits per heavy atom.